The van der Waals surface area contributed by atoms with Crippen molar-refractivity contribution in [2.75, 3.05) is 13.2 Å². The van der Waals surface area contributed by atoms with Crippen LogP contribution < -0.4 is 14.8 Å². The molecule has 2 aliphatic rings. The van der Waals surface area contributed by atoms with Crippen molar-refractivity contribution in [3.63, 3.8) is 0 Å². The maximum Gasteiger partial charge on any atom is 0.329 e. The summed E-state index contributed by atoms with van der Waals surface area (Å²) in [4.78, 5) is 24.1. The Morgan fingerprint density at radius 1 is 1.21 bits per heavy atom. The lowest BCUT2D eigenvalue weighted by molar-refractivity contribution is -0.149. The first-order valence-electron chi connectivity index (χ1n) is 8.41. The first-order valence-corrected chi connectivity index (χ1v) is 8.41. The Hall–Kier alpha value is -2.24. The van der Waals surface area contributed by atoms with Crippen molar-refractivity contribution in [1.82, 2.24) is 5.32 Å². The fraction of sp³-hybridized carbons (Fsp3) is 0.556. The molecule has 2 N–H and O–H groups in total. The first kappa shape index (κ1) is 16.6. The Morgan fingerprint density at radius 2 is 1.88 bits per heavy atom. The summed E-state index contributed by atoms with van der Waals surface area (Å²) in [7, 11) is 0. The van der Waals surface area contributed by atoms with Gasteiger partial charge in [0.25, 0.3) is 0 Å². The molecule has 1 saturated carbocycles. The highest BCUT2D eigenvalue weighted by Gasteiger charge is 2.42. The van der Waals surface area contributed by atoms with E-state index in [2.05, 4.69) is 12.2 Å². The van der Waals surface area contributed by atoms with Crippen LogP contribution >= 0.6 is 0 Å². The van der Waals surface area contributed by atoms with Crippen molar-refractivity contribution in [3.05, 3.63) is 23.8 Å². The zero-order chi connectivity index (χ0) is 17.2. The van der Waals surface area contributed by atoms with Gasteiger partial charge in [0.15, 0.2) is 11.5 Å². The first-order chi connectivity index (χ1) is 11.5. The Morgan fingerprint density at radius 3 is 2.54 bits per heavy atom. The molecule has 1 heterocycles. The zero-order valence-electron chi connectivity index (χ0n) is 13.8. The molecule has 0 bridgehead atoms. The number of rotatable bonds is 4. The molecule has 0 unspecified atom stereocenters. The van der Waals surface area contributed by atoms with Gasteiger partial charge in [0.1, 0.15) is 18.8 Å². The SMILES string of the molecule is CC1CCC(NC(=O)Cc2ccc3c(c2)OCCO3)(C(=O)O)CC1. The van der Waals surface area contributed by atoms with E-state index in [0.717, 1.165) is 18.4 Å². The molecule has 1 aliphatic heterocycles. The summed E-state index contributed by atoms with van der Waals surface area (Å²) < 4.78 is 11.0. The van der Waals surface area contributed by atoms with Crippen LogP contribution in [-0.4, -0.2) is 35.7 Å². The molecule has 1 aromatic rings. The highest BCUT2D eigenvalue weighted by Crippen LogP contribution is 2.33. The number of carboxylic acid groups (broad SMARTS) is 1. The summed E-state index contributed by atoms with van der Waals surface area (Å²) in [5.74, 6) is 0.598. The van der Waals surface area contributed by atoms with Crippen LogP contribution in [0.3, 0.4) is 0 Å². The molecular formula is C18H23NO5. The Bertz CT molecular complexity index is 634. The van der Waals surface area contributed by atoms with Gasteiger partial charge in [-0.1, -0.05) is 13.0 Å². The number of carboxylic acids is 1. The minimum atomic E-state index is -1.13. The molecule has 0 radical (unpaired) electrons. The molecule has 3 rings (SSSR count). The van der Waals surface area contributed by atoms with Crippen LogP contribution in [0.4, 0.5) is 0 Å². The second-order valence-corrected chi connectivity index (χ2v) is 6.77. The van der Waals surface area contributed by atoms with Gasteiger partial charge in [-0.05, 0) is 49.3 Å². The van der Waals surface area contributed by atoms with E-state index in [-0.39, 0.29) is 12.3 Å². The van der Waals surface area contributed by atoms with Gasteiger partial charge in [-0.25, -0.2) is 4.79 Å². The van der Waals surface area contributed by atoms with Crippen LogP contribution in [0.25, 0.3) is 0 Å². The molecule has 6 nitrogen and oxygen atoms in total. The number of hydrogen-bond donors (Lipinski definition) is 2. The average Bonchev–Trinajstić information content (AvgIpc) is 2.57. The second kappa shape index (κ2) is 6.71. The van der Waals surface area contributed by atoms with Gasteiger partial charge in [0, 0.05) is 0 Å². The van der Waals surface area contributed by atoms with Gasteiger partial charge in [0.05, 0.1) is 6.42 Å². The molecule has 1 amide bonds. The van der Waals surface area contributed by atoms with Crippen LogP contribution in [0, 0.1) is 5.92 Å². The molecule has 0 saturated heterocycles. The average molecular weight is 333 g/mol. The Balaban J connectivity index is 1.67. The number of hydrogen-bond acceptors (Lipinski definition) is 4. The van der Waals surface area contributed by atoms with Crippen molar-refractivity contribution in [1.29, 1.82) is 0 Å². The third-order valence-electron chi connectivity index (χ3n) is 4.89. The van der Waals surface area contributed by atoms with Crippen LogP contribution in [0.15, 0.2) is 18.2 Å². The normalized spacial score (nSPS) is 25.8. The maximum absolute atomic E-state index is 12.4. The van der Waals surface area contributed by atoms with E-state index in [4.69, 9.17) is 9.47 Å². The number of ether oxygens (including phenoxy) is 2. The minimum Gasteiger partial charge on any atom is -0.486 e. The van der Waals surface area contributed by atoms with Crippen LogP contribution in [0.2, 0.25) is 0 Å². The summed E-state index contributed by atoms with van der Waals surface area (Å²) >= 11 is 0. The summed E-state index contributed by atoms with van der Waals surface area (Å²) in [5.41, 5.74) is -0.348. The van der Waals surface area contributed by atoms with Crippen molar-refractivity contribution in [3.8, 4) is 11.5 Å². The predicted octanol–water partition coefficient (Wildman–Crippen LogP) is 2.15. The Labute approximate surface area is 141 Å². The minimum absolute atomic E-state index is 0.126. The van der Waals surface area contributed by atoms with E-state index in [1.54, 1.807) is 12.1 Å². The molecule has 6 heteroatoms. The van der Waals surface area contributed by atoms with Gasteiger partial charge in [-0.2, -0.15) is 0 Å². The molecule has 0 aromatic heterocycles. The van der Waals surface area contributed by atoms with E-state index < -0.39 is 11.5 Å². The van der Waals surface area contributed by atoms with Crippen LogP contribution in [0.1, 0.15) is 38.2 Å². The number of benzene rings is 1. The van der Waals surface area contributed by atoms with Crippen molar-refractivity contribution < 1.29 is 24.2 Å². The molecule has 1 aromatic carbocycles. The van der Waals surface area contributed by atoms with Gasteiger partial charge < -0.3 is 19.9 Å². The topological polar surface area (TPSA) is 84.9 Å². The van der Waals surface area contributed by atoms with Crippen molar-refractivity contribution >= 4 is 11.9 Å². The van der Waals surface area contributed by atoms with E-state index in [1.807, 2.05) is 6.07 Å². The smallest absolute Gasteiger partial charge is 0.329 e. The molecule has 0 spiro atoms. The molecule has 1 aliphatic carbocycles. The second-order valence-electron chi connectivity index (χ2n) is 6.77. The van der Waals surface area contributed by atoms with Gasteiger partial charge in [-0.3, -0.25) is 4.79 Å². The quantitative estimate of drug-likeness (QED) is 0.882. The molecule has 130 valence electrons. The highest BCUT2D eigenvalue weighted by molar-refractivity contribution is 5.88. The highest BCUT2D eigenvalue weighted by atomic mass is 16.6. The monoisotopic (exact) mass is 333 g/mol. The number of carbonyl (C=O) groups excluding carboxylic acids is 1. The largest absolute Gasteiger partial charge is 0.486 e. The molecular weight excluding hydrogens is 310 g/mol. The number of nitrogens with one attached hydrogen (secondary N) is 1. The van der Waals surface area contributed by atoms with Crippen molar-refractivity contribution in [2.24, 2.45) is 5.92 Å². The number of fused-ring (bicyclic) bond motifs is 1. The molecule has 1 fully saturated rings. The van der Waals surface area contributed by atoms with E-state index >= 15 is 0 Å². The lowest BCUT2D eigenvalue weighted by Crippen LogP contribution is -2.56. The molecule has 0 atom stereocenters. The molecule has 24 heavy (non-hydrogen) atoms. The summed E-state index contributed by atoms with van der Waals surface area (Å²) in [6.07, 6.45) is 2.72. The van der Waals surface area contributed by atoms with E-state index in [1.165, 1.54) is 0 Å². The lowest BCUT2D eigenvalue weighted by Gasteiger charge is -2.36. The summed E-state index contributed by atoms with van der Waals surface area (Å²) in [6.45, 7) is 3.12. The van der Waals surface area contributed by atoms with E-state index in [9.17, 15) is 14.7 Å². The summed E-state index contributed by atoms with van der Waals surface area (Å²) in [6, 6.07) is 5.38. The standard InChI is InChI=1S/C18H23NO5/c1-12-4-6-18(7-5-12,17(21)22)19-16(20)11-13-2-3-14-15(10-13)24-9-8-23-14/h2-3,10,12H,4-9,11H2,1H3,(H,19,20)(H,21,22). The lowest BCUT2D eigenvalue weighted by atomic mass is 9.77. The van der Waals surface area contributed by atoms with Crippen molar-refractivity contribution in [2.45, 2.75) is 44.6 Å². The van der Waals surface area contributed by atoms with Gasteiger partial charge in [0.2, 0.25) is 5.91 Å². The fourth-order valence-corrected chi connectivity index (χ4v) is 3.34. The third kappa shape index (κ3) is 3.47. The predicted molar refractivity (Wildman–Crippen MR) is 87.3 cm³/mol. The van der Waals surface area contributed by atoms with Gasteiger partial charge in [-0.15, -0.1) is 0 Å². The fourth-order valence-electron chi connectivity index (χ4n) is 3.34. The van der Waals surface area contributed by atoms with Crippen LogP contribution in [-0.2, 0) is 16.0 Å². The number of aliphatic carboxylic acids is 1. The van der Waals surface area contributed by atoms with E-state index in [0.29, 0.717) is 43.5 Å². The third-order valence-corrected chi connectivity index (χ3v) is 4.89. The summed E-state index contributed by atoms with van der Waals surface area (Å²) in [5, 5.41) is 12.4. The number of carbonyl (C=O) groups is 2. The zero-order valence-corrected chi connectivity index (χ0v) is 13.8. The van der Waals surface area contributed by atoms with Gasteiger partial charge >= 0.3 is 5.97 Å². The maximum atomic E-state index is 12.4. The van der Waals surface area contributed by atoms with Crippen LogP contribution in [0.5, 0.6) is 11.5 Å². The Kier molecular flexibility index (Phi) is 4.64. The number of amides is 1.